The third-order valence-corrected chi connectivity index (χ3v) is 3.31. The number of hydrogen-bond donors (Lipinski definition) is 0. The van der Waals surface area contributed by atoms with E-state index < -0.39 is 5.95 Å². The Morgan fingerprint density at radius 3 is 2.30 bits per heavy atom. The number of rotatable bonds is 2. The van der Waals surface area contributed by atoms with Gasteiger partial charge in [0.25, 0.3) is 5.91 Å². The second-order valence-corrected chi connectivity index (χ2v) is 5.12. The van der Waals surface area contributed by atoms with Gasteiger partial charge in [-0.3, -0.25) is 9.59 Å². The lowest BCUT2D eigenvalue weighted by Crippen LogP contribution is -2.51. The van der Waals surface area contributed by atoms with Crippen molar-refractivity contribution in [1.29, 1.82) is 0 Å². The minimum absolute atomic E-state index is 0.0397. The molecule has 0 N–H and O–H groups in total. The van der Waals surface area contributed by atoms with Crippen molar-refractivity contribution in [2.45, 2.75) is 13.8 Å². The SMILES string of the molecule is CC(C)C(=O)N1CCN(C(=O)c2cccc(F)n2)CC1. The highest BCUT2D eigenvalue weighted by atomic mass is 19.1. The third kappa shape index (κ3) is 3.12. The van der Waals surface area contributed by atoms with Crippen LogP contribution in [0.1, 0.15) is 24.3 Å². The molecule has 0 radical (unpaired) electrons. The Balaban J connectivity index is 1.97. The molecule has 1 fully saturated rings. The molecule has 1 saturated heterocycles. The van der Waals surface area contributed by atoms with Crippen LogP contribution in [-0.2, 0) is 4.79 Å². The highest BCUT2D eigenvalue weighted by Gasteiger charge is 2.26. The van der Waals surface area contributed by atoms with Crippen LogP contribution in [0.2, 0.25) is 0 Å². The predicted molar refractivity (Wildman–Crippen MR) is 71.5 cm³/mol. The van der Waals surface area contributed by atoms with E-state index in [1.165, 1.54) is 18.2 Å². The number of halogens is 1. The van der Waals surface area contributed by atoms with Gasteiger partial charge < -0.3 is 9.80 Å². The fraction of sp³-hybridized carbons (Fsp3) is 0.500. The molecule has 1 aromatic heterocycles. The molecule has 1 aromatic rings. The maximum Gasteiger partial charge on any atom is 0.272 e. The van der Waals surface area contributed by atoms with Gasteiger partial charge in [-0.25, -0.2) is 4.98 Å². The van der Waals surface area contributed by atoms with E-state index in [1.807, 2.05) is 13.8 Å². The zero-order valence-electron chi connectivity index (χ0n) is 11.7. The Labute approximate surface area is 117 Å². The Hall–Kier alpha value is -1.98. The fourth-order valence-electron chi connectivity index (χ4n) is 2.18. The van der Waals surface area contributed by atoms with Gasteiger partial charge in [0.15, 0.2) is 0 Å². The normalized spacial score (nSPS) is 15.6. The highest BCUT2D eigenvalue weighted by molar-refractivity contribution is 5.92. The third-order valence-electron chi connectivity index (χ3n) is 3.31. The minimum atomic E-state index is -0.663. The van der Waals surface area contributed by atoms with E-state index in [1.54, 1.807) is 9.80 Å². The number of hydrogen-bond acceptors (Lipinski definition) is 3. The molecule has 0 bridgehead atoms. The molecule has 1 aliphatic rings. The zero-order valence-corrected chi connectivity index (χ0v) is 11.7. The molecule has 1 aliphatic heterocycles. The molecule has 0 unspecified atom stereocenters. The van der Waals surface area contributed by atoms with Crippen LogP contribution < -0.4 is 0 Å². The second kappa shape index (κ2) is 5.98. The van der Waals surface area contributed by atoms with E-state index in [0.29, 0.717) is 26.2 Å². The summed E-state index contributed by atoms with van der Waals surface area (Å²) in [6.07, 6.45) is 0. The molecule has 108 valence electrons. The van der Waals surface area contributed by atoms with Gasteiger partial charge in [0.2, 0.25) is 11.9 Å². The van der Waals surface area contributed by atoms with Gasteiger partial charge in [-0.1, -0.05) is 19.9 Å². The molecule has 0 atom stereocenters. The van der Waals surface area contributed by atoms with Crippen LogP contribution in [0.3, 0.4) is 0 Å². The quantitative estimate of drug-likeness (QED) is 0.763. The van der Waals surface area contributed by atoms with Crippen molar-refractivity contribution in [3.05, 3.63) is 29.8 Å². The monoisotopic (exact) mass is 279 g/mol. The summed E-state index contributed by atoms with van der Waals surface area (Å²) in [4.78, 5) is 31.0. The number of carbonyl (C=O) groups is 2. The molecule has 2 rings (SSSR count). The first-order valence-electron chi connectivity index (χ1n) is 6.69. The Kier molecular flexibility index (Phi) is 4.32. The van der Waals surface area contributed by atoms with Gasteiger partial charge in [-0.15, -0.1) is 0 Å². The van der Waals surface area contributed by atoms with Crippen molar-refractivity contribution < 1.29 is 14.0 Å². The lowest BCUT2D eigenvalue weighted by atomic mass is 10.1. The van der Waals surface area contributed by atoms with Crippen LogP contribution in [0.25, 0.3) is 0 Å². The Morgan fingerprint density at radius 2 is 1.75 bits per heavy atom. The topological polar surface area (TPSA) is 53.5 Å². The van der Waals surface area contributed by atoms with E-state index in [0.717, 1.165) is 0 Å². The van der Waals surface area contributed by atoms with Crippen LogP contribution in [0, 0.1) is 11.9 Å². The van der Waals surface area contributed by atoms with Crippen molar-refractivity contribution in [2.75, 3.05) is 26.2 Å². The van der Waals surface area contributed by atoms with Gasteiger partial charge in [0, 0.05) is 32.1 Å². The first kappa shape index (κ1) is 14.4. The number of carbonyl (C=O) groups excluding carboxylic acids is 2. The van der Waals surface area contributed by atoms with Crippen molar-refractivity contribution in [2.24, 2.45) is 5.92 Å². The fourth-order valence-corrected chi connectivity index (χ4v) is 2.18. The molecular weight excluding hydrogens is 261 g/mol. The van der Waals surface area contributed by atoms with Crippen molar-refractivity contribution in [1.82, 2.24) is 14.8 Å². The van der Waals surface area contributed by atoms with Gasteiger partial charge in [-0.05, 0) is 12.1 Å². The average Bonchev–Trinajstić information content (AvgIpc) is 2.46. The molecule has 0 spiro atoms. The summed E-state index contributed by atoms with van der Waals surface area (Å²) in [6.45, 7) is 5.65. The Bertz CT molecular complexity index is 511. The van der Waals surface area contributed by atoms with Crippen LogP contribution in [0.4, 0.5) is 4.39 Å². The molecule has 0 aliphatic carbocycles. The Morgan fingerprint density at radius 1 is 1.15 bits per heavy atom. The van der Waals surface area contributed by atoms with E-state index >= 15 is 0 Å². The number of pyridine rings is 1. The largest absolute Gasteiger partial charge is 0.339 e. The number of nitrogens with zero attached hydrogens (tertiary/aromatic N) is 3. The van der Waals surface area contributed by atoms with Crippen LogP contribution in [0.15, 0.2) is 18.2 Å². The van der Waals surface area contributed by atoms with Crippen LogP contribution in [0.5, 0.6) is 0 Å². The molecule has 20 heavy (non-hydrogen) atoms. The van der Waals surface area contributed by atoms with Crippen LogP contribution >= 0.6 is 0 Å². The summed E-state index contributed by atoms with van der Waals surface area (Å²) in [5.41, 5.74) is 0.105. The minimum Gasteiger partial charge on any atom is -0.339 e. The lowest BCUT2D eigenvalue weighted by molar-refractivity contribution is -0.135. The van der Waals surface area contributed by atoms with Gasteiger partial charge >= 0.3 is 0 Å². The predicted octanol–water partition coefficient (Wildman–Crippen LogP) is 1.16. The summed E-state index contributed by atoms with van der Waals surface area (Å²) >= 11 is 0. The summed E-state index contributed by atoms with van der Waals surface area (Å²) in [5, 5.41) is 0. The van der Waals surface area contributed by atoms with E-state index in [4.69, 9.17) is 0 Å². The van der Waals surface area contributed by atoms with Gasteiger partial charge in [-0.2, -0.15) is 4.39 Å². The van der Waals surface area contributed by atoms with Crippen LogP contribution in [-0.4, -0.2) is 52.8 Å². The van der Waals surface area contributed by atoms with E-state index in [2.05, 4.69) is 4.98 Å². The molecule has 0 aromatic carbocycles. The first-order valence-corrected chi connectivity index (χ1v) is 6.69. The van der Waals surface area contributed by atoms with Gasteiger partial charge in [0.05, 0.1) is 0 Å². The summed E-state index contributed by atoms with van der Waals surface area (Å²) < 4.78 is 13.0. The molecule has 2 heterocycles. The average molecular weight is 279 g/mol. The maximum absolute atomic E-state index is 13.0. The summed E-state index contributed by atoms with van der Waals surface area (Å²) in [6, 6.07) is 4.17. The number of aromatic nitrogens is 1. The van der Waals surface area contributed by atoms with E-state index in [9.17, 15) is 14.0 Å². The number of piperazine rings is 1. The van der Waals surface area contributed by atoms with Gasteiger partial charge in [0.1, 0.15) is 5.69 Å². The smallest absolute Gasteiger partial charge is 0.272 e. The summed E-state index contributed by atoms with van der Waals surface area (Å²) in [7, 11) is 0. The van der Waals surface area contributed by atoms with Crippen molar-refractivity contribution >= 4 is 11.8 Å². The molecule has 2 amide bonds. The van der Waals surface area contributed by atoms with E-state index in [-0.39, 0.29) is 23.4 Å². The molecule has 0 saturated carbocycles. The first-order chi connectivity index (χ1) is 9.49. The molecule has 5 nitrogen and oxygen atoms in total. The lowest BCUT2D eigenvalue weighted by Gasteiger charge is -2.35. The molecular formula is C14H18FN3O2. The summed E-state index contributed by atoms with van der Waals surface area (Å²) in [5.74, 6) is -0.895. The van der Waals surface area contributed by atoms with Crippen molar-refractivity contribution in [3.63, 3.8) is 0 Å². The standard InChI is InChI=1S/C14H18FN3O2/c1-10(2)13(19)17-6-8-18(9-7-17)14(20)11-4-3-5-12(15)16-11/h3-5,10H,6-9H2,1-2H3. The van der Waals surface area contributed by atoms with Crippen molar-refractivity contribution in [3.8, 4) is 0 Å². The second-order valence-electron chi connectivity index (χ2n) is 5.12. The zero-order chi connectivity index (χ0) is 14.7. The number of amides is 2. The molecule has 6 heteroatoms. The maximum atomic E-state index is 13.0. The highest BCUT2D eigenvalue weighted by Crippen LogP contribution is 2.10.